The lowest BCUT2D eigenvalue weighted by Crippen LogP contribution is -1.98. The van der Waals surface area contributed by atoms with Gasteiger partial charge in [-0.2, -0.15) is 0 Å². The molecule has 1 N–H and O–H groups in total. The Balaban J connectivity index is 1.77. The minimum atomic E-state index is -0.883. The van der Waals surface area contributed by atoms with Gasteiger partial charge in [0.1, 0.15) is 0 Å². The average Bonchev–Trinajstić information content (AvgIpc) is 2.61. The Bertz CT molecular complexity index is 790. The molecule has 0 atom stereocenters. The lowest BCUT2D eigenvalue weighted by molar-refractivity contribution is 0.0697. The molecule has 114 valence electrons. The fraction of sp³-hybridized carbons (Fsp3) is 0.0952. The molecule has 3 rings (SSSR count). The quantitative estimate of drug-likeness (QED) is 0.732. The van der Waals surface area contributed by atoms with Crippen molar-refractivity contribution in [2.45, 2.75) is 12.8 Å². The van der Waals surface area contributed by atoms with Gasteiger partial charge in [0.2, 0.25) is 0 Å². The lowest BCUT2D eigenvalue weighted by Gasteiger charge is -2.10. The predicted molar refractivity (Wildman–Crippen MR) is 92.7 cm³/mol. The second kappa shape index (κ2) is 6.93. The van der Waals surface area contributed by atoms with E-state index in [4.69, 9.17) is 5.11 Å². The van der Waals surface area contributed by atoms with Gasteiger partial charge in [0.15, 0.2) is 0 Å². The van der Waals surface area contributed by atoms with Crippen molar-refractivity contribution in [3.63, 3.8) is 0 Å². The molecule has 0 saturated carbocycles. The van der Waals surface area contributed by atoms with Gasteiger partial charge in [0.05, 0.1) is 5.56 Å². The van der Waals surface area contributed by atoms with E-state index < -0.39 is 5.97 Å². The Morgan fingerprint density at radius 2 is 1.39 bits per heavy atom. The summed E-state index contributed by atoms with van der Waals surface area (Å²) >= 11 is 0. The smallest absolute Gasteiger partial charge is 0.335 e. The molecule has 0 aliphatic carbocycles. The van der Waals surface area contributed by atoms with Gasteiger partial charge >= 0.3 is 5.97 Å². The summed E-state index contributed by atoms with van der Waals surface area (Å²) in [7, 11) is 0. The Labute approximate surface area is 136 Å². The number of benzene rings is 3. The van der Waals surface area contributed by atoms with Crippen LogP contribution in [0.1, 0.15) is 21.5 Å². The van der Waals surface area contributed by atoms with E-state index in [2.05, 4.69) is 48.5 Å². The first kappa shape index (κ1) is 15.0. The molecule has 0 aliphatic rings. The highest BCUT2D eigenvalue weighted by atomic mass is 16.4. The van der Waals surface area contributed by atoms with E-state index in [1.165, 1.54) is 16.7 Å². The Kier molecular flexibility index (Phi) is 4.53. The summed E-state index contributed by atoms with van der Waals surface area (Å²) in [5.74, 6) is -0.883. The van der Waals surface area contributed by atoms with Gasteiger partial charge in [0, 0.05) is 0 Å². The van der Waals surface area contributed by atoms with Crippen LogP contribution >= 0.6 is 0 Å². The zero-order chi connectivity index (χ0) is 16.1. The van der Waals surface area contributed by atoms with E-state index in [0.717, 1.165) is 18.4 Å². The largest absolute Gasteiger partial charge is 0.478 e. The zero-order valence-electron chi connectivity index (χ0n) is 12.8. The van der Waals surface area contributed by atoms with Crippen molar-refractivity contribution in [3.8, 4) is 11.1 Å². The molecule has 0 aliphatic heterocycles. The molecular formula is C21H18O2. The maximum absolute atomic E-state index is 10.9. The van der Waals surface area contributed by atoms with Crippen molar-refractivity contribution in [2.75, 3.05) is 0 Å². The summed E-state index contributed by atoms with van der Waals surface area (Å²) in [5.41, 5.74) is 5.27. The van der Waals surface area contributed by atoms with Crippen molar-refractivity contribution in [3.05, 3.63) is 95.6 Å². The van der Waals surface area contributed by atoms with Crippen LogP contribution in [0.25, 0.3) is 11.1 Å². The fourth-order valence-corrected chi connectivity index (χ4v) is 2.73. The monoisotopic (exact) mass is 302 g/mol. The summed E-state index contributed by atoms with van der Waals surface area (Å²) in [6, 6.07) is 25.9. The van der Waals surface area contributed by atoms with Gasteiger partial charge in [0.25, 0.3) is 0 Å². The number of carbonyl (C=O) groups is 1. The molecule has 0 aromatic heterocycles. The van der Waals surface area contributed by atoms with Crippen LogP contribution in [0.2, 0.25) is 0 Å². The number of carboxylic acids is 1. The molecule has 0 fully saturated rings. The summed E-state index contributed by atoms with van der Waals surface area (Å²) < 4.78 is 0. The van der Waals surface area contributed by atoms with Gasteiger partial charge in [-0.25, -0.2) is 4.79 Å². The van der Waals surface area contributed by atoms with Crippen molar-refractivity contribution in [1.82, 2.24) is 0 Å². The van der Waals surface area contributed by atoms with Crippen LogP contribution in [-0.2, 0) is 12.8 Å². The van der Waals surface area contributed by atoms with Gasteiger partial charge < -0.3 is 5.11 Å². The molecule has 2 heteroatoms. The molecule has 0 unspecified atom stereocenters. The maximum atomic E-state index is 10.9. The summed E-state index contributed by atoms with van der Waals surface area (Å²) in [6.45, 7) is 0. The van der Waals surface area contributed by atoms with E-state index in [-0.39, 0.29) is 0 Å². The Morgan fingerprint density at radius 3 is 2.09 bits per heavy atom. The van der Waals surface area contributed by atoms with Gasteiger partial charge in [-0.1, -0.05) is 66.7 Å². The molecule has 0 radical (unpaired) electrons. The normalized spacial score (nSPS) is 10.4. The van der Waals surface area contributed by atoms with Crippen LogP contribution in [-0.4, -0.2) is 11.1 Å². The van der Waals surface area contributed by atoms with E-state index in [1.807, 2.05) is 18.2 Å². The molecule has 23 heavy (non-hydrogen) atoms. The van der Waals surface area contributed by atoms with Crippen molar-refractivity contribution < 1.29 is 9.90 Å². The van der Waals surface area contributed by atoms with Gasteiger partial charge in [-0.3, -0.25) is 0 Å². The third-order valence-electron chi connectivity index (χ3n) is 3.99. The van der Waals surface area contributed by atoms with E-state index in [0.29, 0.717) is 5.56 Å². The SMILES string of the molecule is O=C(O)c1ccc(CCc2ccccc2-c2ccccc2)cc1. The minimum Gasteiger partial charge on any atom is -0.478 e. The van der Waals surface area contributed by atoms with E-state index in [9.17, 15) is 4.79 Å². The highest BCUT2D eigenvalue weighted by Gasteiger charge is 2.06. The molecule has 0 heterocycles. The molecule has 0 bridgehead atoms. The Hall–Kier alpha value is -2.87. The molecule has 0 spiro atoms. The molecule has 3 aromatic rings. The molecule has 0 saturated heterocycles. The van der Waals surface area contributed by atoms with Gasteiger partial charge in [-0.05, 0) is 47.2 Å². The molecule has 0 amide bonds. The maximum Gasteiger partial charge on any atom is 0.335 e. The molecular weight excluding hydrogens is 284 g/mol. The van der Waals surface area contributed by atoms with Crippen LogP contribution < -0.4 is 0 Å². The standard InChI is InChI=1S/C21H18O2/c22-21(23)19-14-11-16(12-15-19)10-13-18-8-4-5-9-20(18)17-6-2-1-3-7-17/h1-9,11-12,14-15H,10,13H2,(H,22,23). The Morgan fingerprint density at radius 1 is 0.739 bits per heavy atom. The van der Waals surface area contributed by atoms with Gasteiger partial charge in [-0.15, -0.1) is 0 Å². The van der Waals surface area contributed by atoms with Crippen LogP contribution in [0.15, 0.2) is 78.9 Å². The number of carboxylic acid groups (broad SMARTS) is 1. The first-order valence-corrected chi connectivity index (χ1v) is 7.69. The van der Waals surface area contributed by atoms with Crippen molar-refractivity contribution in [1.29, 1.82) is 0 Å². The van der Waals surface area contributed by atoms with E-state index >= 15 is 0 Å². The summed E-state index contributed by atoms with van der Waals surface area (Å²) in [4.78, 5) is 10.9. The lowest BCUT2D eigenvalue weighted by atomic mass is 9.95. The number of hydrogen-bond acceptors (Lipinski definition) is 1. The van der Waals surface area contributed by atoms with Crippen molar-refractivity contribution in [2.24, 2.45) is 0 Å². The molecule has 2 nitrogen and oxygen atoms in total. The van der Waals surface area contributed by atoms with Crippen LogP contribution in [0.4, 0.5) is 0 Å². The third-order valence-corrected chi connectivity index (χ3v) is 3.99. The predicted octanol–water partition coefficient (Wildman–Crippen LogP) is 4.84. The molecule has 3 aromatic carbocycles. The zero-order valence-corrected chi connectivity index (χ0v) is 12.8. The van der Waals surface area contributed by atoms with Crippen LogP contribution in [0.3, 0.4) is 0 Å². The summed E-state index contributed by atoms with van der Waals surface area (Å²) in [6.07, 6.45) is 1.82. The average molecular weight is 302 g/mol. The number of rotatable bonds is 5. The second-order valence-electron chi connectivity index (χ2n) is 5.53. The van der Waals surface area contributed by atoms with E-state index in [1.54, 1.807) is 12.1 Å². The fourth-order valence-electron chi connectivity index (χ4n) is 2.73. The second-order valence-corrected chi connectivity index (χ2v) is 5.53. The number of aryl methyl sites for hydroxylation is 2. The summed E-state index contributed by atoms with van der Waals surface area (Å²) in [5, 5.41) is 8.95. The number of hydrogen-bond donors (Lipinski definition) is 1. The third kappa shape index (κ3) is 3.67. The number of aromatic carboxylic acids is 1. The van der Waals surface area contributed by atoms with Crippen LogP contribution in [0, 0.1) is 0 Å². The van der Waals surface area contributed by atoms with Crippen LogP contribution in [0.5, 0.6) is 0 Å². The first-order chi connectivity index (χ1) is 11.2. The van der Waals surface area contributed by atoms with Crippen molar-refractivity contribution >= 4 is 5.97 Å². The highest BCUT2D eigenvalue weighted by molar-refractivity contribution is 5.87. The minimum absolute atomic E-state index is 0.332. The highest BCUT2D eigenvalue weighted by Crippen LogP contribution is 2.24. The topological polar surface area (TPSA) is 37.3 Å². The first-order valence-electron chi connectivity index (χ1n) is 7.69.